The smallest absolute Gasteiger partial charge is 0.306 e. The number of carbonyl (C=O) groups excluding carboxylic acids is 3. The molecular formula is C96H167NO8. The van der Waals surface area contributed by atoms with E-state index < -0.39 is 24.3 Å². The molecule has 0 saturated heterocycles. The molecule has 9 heteroatoms. The summed E-state index contributed by atoms with van der Waals surface area (Å²) in [5.74, 6) is -2.26. The molecule has 0 N–H and O–H groups in total. The number of esters is 2. The number of nitrogens with zero attached hydrogens (tertiary/aromatic N) is 1. The lowest BCUT2D eigenvalue weighted by Gasteiger charge is -2.26. The number of hydrogen-bond donors (Lipinski definition) is 0. The van der Waals surface area contributed by atoms with E-state index in [2.05, 4.69) is 148 Å². The number of rotatable bonds is 82. The predicted octanol–water partition coefficient (Wildman–Crippen LogP) is 27.8. The largest absolute Gasteiger partial charge is 0.545 e. The summed E-state index contributed by atoms with van der Waals surface area (Å²) in [6.07, 6.45) is 120. The van der Waals surface area contributed by atoms with Gasteiger partial charge < -0.3 is 33.3 Å². The summed E-state index contributed by atoms with van der Waals surface area (Å²) >= 11 is 0. The van der Waals surface area contributed by atoms with E-state index in [0.717, 1.165) is 103 Å². The molecule has 0 bridgehead atoms. The lowest BCUT2D eigenvalue weighted by Crippen LogP contribution is -2.44. The number of ether oxygens (including phenoxy) is 4. The predicted molar refractivity (Wildman–Crippen MR) is 453 cm³/mol. The number of likely N-dealkylation sites (N-methyl/N-ethyl adjacent to an activating group) is 1. The molecule has 0 aliphatic carbocycles. The fraction of sp³-hybridized carbons (Fsp3) is 0.740. The Morgan fingerprint density at radius 3 is 0.762 bits per heavy atom. The van der Waals surface area contributed by atoms with E-state index in [1.54, 1.807) is 0 Å². The van der Waals surface area contributed by atoms with Gasteiger partial charge in [0.15, 0.2) is 12.4 Å². The van der Waals surface area contributed by atoms with Gasteiger partial charge in [-0.25, -0.2) is 0 Å². The highest BCUT2D eigenvalue weighted by Crippen LogP contribution is 2.20. The Kier molecular flexibility index (Phi) is 81.3. The van der Waals surface area contributed by atoms with Gasteiger partial charge in [0, 0.05) is 12.8 Å². The van der Waals surface area contributed by atoms with Crippen molar-refractivity contribution in [2.75, 3.05) is 47.5 Å². The van der Waals surface area contributed by atoms with Gasteiger partial charge >= 0.3 is 11.9 Å². The molecule has 0 spiro atoms. The third-order valence-electron chi connectivity index (χ3n) is 19.4. The molecule has 0 aliphatic rings. The number of unbranched alkanes of at least 4 members (excludes halogenated alkanes) is 45. The van der Waals surface area contributed by atoms with Crippen LogP contribution in [0.1, 0.15) is 399 Å². The molecule has 0 aromatic carbocycles. The zero-order chi connectivity index (χ0) is 76.0. The quantitative estimate of drug-likeness (QED) is 0.0195. The van der Waals surface area contributed by atoms with Crippen LogP contribution in [-0.2, 0) is 33.3 Å². The van der Waals surface area contributed by atoms with E-state index in [4.69, 9.17) is 18.9 Å². The second-order valence-corrected chi connectivity index (χ2v) is 30.8. The first kappa shape index (κ1) is 100. The second kappa shape index (κ2) is 85.0. The fourth-order valence-electron chi connectivity index (χ4n) is 12.8. The van der Waals surface area contributed by atoms with Crippen molar-refractivity contribution >= 4 is 17.9 Å². The van der Waals surface area contributed by atoms with Crippen molar-refractivity contribution in [3.8, 4) is 0 Å². The van der Waals surface area contributed by atoms with Crippen LogP contribution < -0.4 is 5.11 Å². The fourth-order valence-corrected chi connectivity index (χ4v) is 12.8. The molecule has 0 aromatic heterocycles. The summed E-state index contributed by atoms with van der Waals surface area (Å²) < 4.78 is 22.9. The van der Waals surface area contributed by atoms with Crippen LogP contribution in [-0.4, -0.2) is 82.3 Å². The van der Waals surface area contributed by atoms with Gasteiger partial charge in [0.1, 0.15) is 13.2 Å². The molecule has 2 atom stereocenters. The van der Waals surface area contributed by atoms with Gasteiger partial charge in [-0.15, -0.1) is 0 Å². The minimum absolute atomic E-state index is 0.147. The summed E-state index contributed by atoms with van der Waals surface area (Å²) in [6.45, 7) is 4.57. The molecule has 0 aromatic rings. The molecule has 105 heavy (non-hydrogen) atoms. The number of allylic oxidation sites excluding steroid dienone is 22. The standard InChI is InChI=1S/C96H167NO8/c1-6-8-10-12-14-16-18-20-22-24-26-28-30-32-34-36-38-40-42-44-46-47-49-50-52-54-56-58-60-62-64-66-68-70-72-74-76-78-80-82-84-86-93(98)103-90-92(91-104-96(95(100)101)102-89-88-97(3,4)5)105-94(99)87-85-83-81-79-77-75-73-71-69-67-65-63-61-59-57-55-53-51-48-45-43-41-39-37-35-33-31-29-27-25-23-21-19-17-15-13-11-9-7-2/h8-11,14-17,20-23,26-29,32-35,39,41,92,96H,6-7,12-13,18-19,24-25,30-31,36-38,40,42-91H2,1-5H3/b10-8-,11-9-,16-14-,17-15-,22-20-,23-21-,28-26-,29-27-,34-32-,35-33-,41-39-. The molecule has 0 aliphatic heterocycles. The van der Waals surface area contributed by atoms with Crippen LogP contribution in [0, 0.1) is 0 Å². The van der Waals surface area contributed by atoms with Crippen LogP contribution >= 0.6 is 0 Å². The van der Waals surface area contributed by atoms with Crippen LogP contribution in [0.2, 0.25) is 0 Å². The highest BCUT2D eigenvalue weighted by molar-refractivity contribution is 5.70. The zero-order valence-corrected chi connectivity index (χ0v) is 69.3. The summed E-state index contributed by atoms with van der Waals surface area (Å²) in [6, 6.07) is 0. The monoisotopic (exact) mass is 1460 g/mol. The van der Waals surface area contributed by atoms with Crippen LogP contribution in [0.3, 0.4) is 0 Å². The maximum atomic E-state index is 13.0. The third kappa shape index (κ3) is 86.5. The molecule has 2 unspecified atom stereocenters. The van der Waals surface area contributed by atoms with Crippen molar-refractivity contribution in [3.05, 3.63) is 134 Å². The molecule has 0 rings (SSSR count). The number of quaternary nitrogens is 1. The number of hydrogen-bond acceptors (Lipinski definition) is 8. The summed E-state index contributed by atoms with van der Waals surface area (Å²) in [7, 11) is 5.95. The summed E-state index contributed by atoms with van der Waals surface area (Å²) in [5.41, 5.74) is 0. The van der Waals surface area contributed by atoms with E-state index in [-0.39, 0.29) is 32.2 Å². The third-order valence-corrected chi connectivity index (χ3v) is 19.4. The molecule has 0 radical (unpaired) electrons. The summed E-state index contributed by atoms with van der Waals surface area (Å²) in [5, 5.41) is 11.9. The minimum atomic E-state index is -1.63. The van der Waals surface area contributed by atoms with Gasteiger partial charge in [0.25, 0.3) is 0 Å². The highest BCUT2D eigenvalue weighted by Gasteiger charge is 2.22. The van der Waals surface area contributed by atoms with Crippen molar-refractivity contribution in [2.45, 2.75) is 411 Å². The first-order valence-corrected chi connectivity index (χ1v) is 44.3. The zero-order valence-electron chi connectivity index (χ0n) is 69.3. The Hall–Kier alpha value is -4.57. The van der Waals surface area contributed by atoms with Crippen molar-refractivity contribution in [2.24, 2.45) is 0 Å². The lowest BCUT2D eigenvalue weighted by atomic mass is 10.0. The molecule has 604 valence electrons. The average Bonchev–Trinajstić information content (AvgIpc) is 1.97. The molecule has 0 fully saturated rings. The maximum absolute atomic E-state index is 13.0. The van der Waals surface area contributed by atoms with Crippen LogP contribution in [0.4, 0.5) is 0 Å². The lowest BCUT2D eigenvalue weighted by molar-refractivity contribution is -0.870. The van der Waals surface area contributed by atoms with Gasteiger partial charge in [-0.3, -0.25) is 9.59 Å². The van der Waals surface area contributed by atoms with Gasteiger partial charge in [-0.1, -0.05) is 411 Å². The Morgan fingerprint density at radius 1 is 0.286 bits per heavy atom. The topological polar surface area (TPSA) is 111 Å². The number of carboxylic acid groups (broad SMARTS) is 1. The number of carbonyl (C=O) groups is 3. The maximum Gasteiger partial charge on any atom is 0.306 e. The van der Waals surface area contributed by atoms with Crippen LogP contribution in [0.5, 0.6) is 0 Å². The first-order chi connectivity index (χ1) is 51.6. The Morgan fingerprint density at radius 2 is 0.514 bits per heavy atom. The van der Waals surface area contributed by atoms with Crippen molar-refractivity contribution in [1.29, 1.82) is 0 Å². The van der Waals surface area contributed by atoms with E-state index in [0.29, 0.717) is 23.9 Å². The Balaban J connectivity index is 3.93. The van der Waals surface area contributed by atoms with Crippen molar-refractivity contribution < 1.29 is 42.9 Å². The van der Waals surface area contributed by atoms with Crippen LogP contribution in [0.15, 0.2) is 134 Å². The van der Waals surface area contributed by atoms with E-state index in [1.807, 2.05) is 21.1 Å². The highest BCUT2D eigenvalue weighted by atomic mass is 16.7. The van der Waals surface area contributed by atoms with E-state index in [1.165, 1.54) is 263 Å². The van der Waals surface area contributed by atoms with Gasteiger partial charge in [-0.05, 0) is 109 Å². The average molecular weight is 1460 g/mol. The van der Waals surface area contributed by atoms with Gasteiger partial charge in [-0.2, -0.15) is 0 Å². The second-order valence-electron chi connectivity index (χ2n) is 30.8. The Bertz CT molecular complexity index is 2200. The Labute approximate surface area is 650 Å². The molecule has 0 heterocycles. The van der Waals surface area contributed by atoms with Gasteiger partial charge in [0.05, 0.1) is 40.3 Å². The van der Waals surface area contributed by atoms with E-state index in [9.17, 15) is 19.5 Å². The molecule has 0 saturated carbocycles. The molecule has 0 amide bonds. The van der Waals surface area contributed by atoms with Crippen LogP contribution in [0.25, 0.3) is 0 Å². The van der Waals surface area contributed by atoms with E-state index >= 15 is 0 Å². The SMILES string of the molecule is CC/C=C\C/C=C\C/C=C\C/C=C\C/C=C\C/C=C\CCCCCCCCCCCCCCCCCCCCCCC(=O)OC(COC(=O)CCCCCCCCCCCCCCCCCCCCCCCCCCC/C=C\C/C=C\C/C=C\C/C=C\C/C=C\CC)COC(OCC[N+](C)(C)C)C(=O)[O-]. The molecular weight excluding hydrogens is 1300 g/mol. The van der Waals surface area contributed by atoms with Crippen molar-refractivity contribution in [3.63, 3.8) is 0 Å². The first-order valence-electron chi connectivity index (χ1n) is 44.3. The number of carboxylic acids is 1. The summed E-state index contributed by atoms with van der Waals surface area (Å²) in [4.78, 5) is 37.7. The van der Waals surface area contributed by atoms with Gasteiger partial charge in [0.2, 0.25) is 0 Å². The normalized spacial score (nSPS) is 13.3. The number of aliphatic carboxylic acids is 1. The molecule has 9 nitrogen and oxygen atoms in total. The minimum Gasteiger partial charge on any atom is -0.545 e. The van der Waals surface area contributed by atoms with Crippen molar-refractivity contribution in [1.82, 2.24) is 0 Å².